The van der Waals surface area contributed by atoms with Crippen molar-refractivity contribution in [1.82, 2.24) is 16.0 Å². The van der Waals surface area contributed by atoms with E-state index in [2.05, 4.69) is 34.7 Å². The van der Waals surface area contributed by atoms with Gasteiger partial charge in [0.05, 0.1) is 18.2 Å². The number of nitrogens with one attached hydrogen (secondary N) is 3. The van der Waals surface area contributed by atoms with Crippen LogP contribution in [0.2, 0.25) is 0 Å². The molecule has 3 unspecified atom stereocenters. The van der Waals surface area contributed by atoms with Crippen LogP contribution in [0.5, 0.6) is 0 Å². The number of aliphatic hydroxyl groups excluding tert-OH is 1. The standard InChI is InChI=1S/C34H49N5O4/c1-4-38(5-2)28-20-26(21-29(22-28)39-18-12-17-32(39)41)34(43)37-30(19-25-13-8-6-9-14-25)31(40)23-35-24(3)33(42)36-27-15-10-7-11-16-27/h6,8-9,13-14,20-22,24,27,30-31,35,40H,4-5,7,10-12,15-19,23H2,1-3H3,(H,36,42)(H,37,43). The summed E-state index contributed by atoms with van der Waals surface area (Å²) in [5.74, 6) is -0.321. The number of hydrogen-bond donors (Lipinski definition) is 4. The Bertz CT molecular complexity index is 1210. The van der Waals surface area contributed by atoms with Crippen LogP contribution in [0.25, 0.3) is 0 Å². The first-order valence-electron chi connectivity index (χ1n) is 16.1. The van der Waals surface area contributed by atoms with E-state index in [1.54, 1.807) is 17.9 Å². The van der Waals surface area contributed by atoms with E-state index in [-0.39, 0.29) is 30.3 Å². The quantitative estimate of drug-likeness (QED) is 0.266. The summed E-state index contributed by atoms with van der Waals surface area (Å²) in [6.45, 7) is 8.23. The SMILES string of the molecule is CCN(CC)c1cc(C(=O)NC(Cc2ccccc2)C(O)CNC(C)C(=O)NC2CCCCC2)cc(N2CCCC2=O)c1. The highest BCUT2D eigenvalue weighted by molar-refractivity contribution is 6.00. The van der Waals surface area contributed by atoms with Crippen LogP contribution in [0, 0.1) is 0 Å². The molecular weight excluding hydrogens is 542 g/mol. The van der Waals surface area contributed by atoms with Crippen molar-refractivity contribution in [1.29, 1.82) is 0 Å². The third kappa shape index (κ3) is 9.03. The van der Waals surface area contributed by atoms with Crippen molar-refractivity contribution in [2.24, 2.45) is 0 Å². The second kappa shape index (κ2) is 15.9. The van der Waals surface area contributed by atoms with Crippen molar-refractivity contribution in [3.8, 4) is 0 Å². The Hall–Kier alpha value is -3.43. The topological polar surface area (TPSA) is 114 Å². The maximum absolute atomic E-state index is 13.8. The molecule has 4 N–H and O–H groups in total. The summed E-state index contributed by atoms with van der Waals surface area (Å²) in [4.78, 5) is 43.1. The zero-order chi connectivity index (χ0) is 30.8. The minimum absolute atomic E-state index is 0.0631. The fourth-order valence-corrected chi connectivity index (χ4v) is 6.08. The average molecular weight is 592 g/mol. The Morgan fingerprint density at radius 1 is 1.02 bits per heavy atom. The van der Waals surface area contributed by atoms with Gasteiger partial charge in [-0.3, -0.25) is 14.4 Å². The van der Waals surface area contributed by atoms with Crippen molar-refractivity contribution in [3.05, 3.63) is 59.7 Å². The van der Waals surface area contributed by atoms with E-state index in [4.69, 9.17) is 0 Å². The highest BCUT2D eigenvalue weighted by Crippen LogP contribution is 2.29. The molecule has 9 heteroatoms. The van der Waals surface area contributed by atoms with Gasteiger partial charge >= 0.3 is 0 Å². The van der Waals surface area contributed by atoms with E-state index in [9.17, 15) is 19.5 Å². The molecule has 9 nitrogen and oxygen atoms in total. The third-order valence-corrected chi connectivity index (χ3v) is 8.74. The first kappa shape index (κ1) is 32.5. The molecule has 0 spiro atoms. The Balaban J connectivity index is 1.49. The van der Waals surface area contributed by atoms with Crippen LogP contribution in [-0.4, -0.2) is 73.2 Å². The van der Waals surface area contributed by atoms with Crippen LogP contribution < -0.4 is 25.8 Å². The summed E-state index contributed by atoms with van der Waals surface area (Å²) in [5.41, 5.74) is 3.02. The number of carbonyl (C=O) groups excluding carboxylic acids is 3. The lowest BCUT2D eigenvalue weighted by atomic mass is 9.95. The van der Waals surface area contributed by atoms with E-state index in [1.807, 2.05) is 42.5 Å². The van der Waals surface area contributed by atoms with E-state index < -0.39 is 18.2 Å². The Labute approximate surface area is 256 Å². The molecule has 3 amide bonds. The van der Waals surface area contributed by atoms with Gasteiger partial charge in [-0.25, -0.2) is 0 Å². The van der Waals surface area contributed by atoms with Crippen LogP contribution in [0.1, 0.15) is 81.6 Å². The van der Waals surface area contributed by atoms with Gasteiger partial charge in [0.25, 0.3) is 5.91 Å². The van der Waals surface area contributed by atoms with Crippen LogP contribution in [0.3, 0.4) is 0 Å². The summed E-state index contributed by atoms with van der Waals surface area (Å²) in [6, 6.07) is 14.5. The van der Waals surface area contributed by atoms with Gasteiger partial charge in [0, 0.05) is 55.6 Å². The molecule has 1 aliphatic heterocycles. The number of nitrogens with zero attached hydrogens (tertiary/aromatic N) is 2. The van der Waals surface area contributed by atoms with Crippen LogP contribution >= 0.6 is 0 Å². The Morgan fingerprint density at radius 3 is 2.40 bits per heavy atom. The minimum atomic E-state index is -0.945. The highest BCUT2D eigenvalue weighted by atomic mass is 16.3. The highest BCUT2D eigenvalue weighted by Gasteiger charge is 2.27. The van der Waals surface area contributed by atoms with Gasteiger partial charge in [0.15, 0.2) is 0 Å². The largest absolute Gasteiger partial charge is 0.390 e. The Morgan fingerprint density at radius 2 is 1.74 bits per heavy atom. The number of benzene rings is 2. The second-order valence-corrected chi connectivity index (χ2v) is 11.9. The zero-order valence-corrected chi connectivity index (χ0v) is 26.0. The molecule has 3 atom stereocenters. The molecule has 2 aromatic rings. The van der Waals surface area contributed by atoms with Gasteiger partial charge in [-0.2, -0.15) is 0 Å². The lowest BCUT2D eigenvalue weighted by molar-refractivity contribution is -0.123. The molecule has 2 aromatic carbocycles. The lowest BCUT2D eigenvalue weighted by Crippen LogP contribution is -2.53. The maximum atomic E-state index is 13.8. The zero-order valence-electron chi connectivity index (χ0n) is 26.0. The Kier molecular flexibility index (Phi) is 12.0. The fourth-order valence-electron chi connectivity index (χ4n) is 6.08. The van der Waals surface area contributed by atoms with Crippen LogP contribution in [-0.2, 0) is 16.0 Å². The van der Waals surface area contributed by atoms with Gasteiger partial charge in [0.2, 0.25) is 11.8 Å². The summed E-state index contributed by atoms with van der Waals surface area (Å²) in [7, 11) is 0. The molecule has 2 aliphatic rings. The maximum Gasteiger partial charge on any atom is 0.251 e. The van der Waals surface area contributed by atoms with Crippen LogP contribution in [0.4, 0.5) is 11.4 Å². The van der Waals surface area contributed by atoms with Crippen molar-refractivity contribution < 1.29 is 19.5 Å². The van der Waals surface area contributed by atoms with Gasteiger partial charge in [0.1, 0.15) is 0 Å². The number of carbonyl (C=O) groups is 3. The molecule has 0 aromatic heterocycles. The van der Waals surface area contributed by atoms with E-state index in [0.717, 1.165) is 62.1 Å². The van der Waals surface area contributed by atoms with E-state index in [1.165, 1.54) is 6.42 Å². The van der Waals surface area contributed by atoms with Gasteiger partial charge in [-0.15, -0.1) is 0 Å². The molecule has 1 saturated carbocycles. The fraction of sp³-hybridized carbons (Fsp3) is 0.559. The number of hydrogen-bond acceptors (Lipinski definition) is 6. The van der Waals surface area contributed by atoms with Crippen LogP contribution in [0.15, 0.2) is 48.5 Å². The van der Waals surface area contributed by atoms with Crippen molar-refractivity contribution >= 4 is 29.1 Å². The summed E-state index contributed by atoms with van der Waals surface area (Å²) in [5, 5.41) is 20.7. The minimum Gasteiger partial charge on any atom is -0.390 e. The van der Waals surface area contributed by atoms with Gasteiger partial charge in [-0.05, 0) is 70.2 Å². The van der Waals surface area contributed by atoms with E-state index in [0.29, 0.717) is 24.9 Å². The summed E-state index contributed by atoms with van der Waals surface area (Å²) < 4.78 is 0. The molecule has 0 bridgehead atoms. The smallest absolute Gasteiger partial charge is 0.251 e. The summed E-state index contributed by atoms with van der Waals surface area (Å²) in [6.07, 6.45) is 6.30. The average Bonchev–Trinajstić information content (AvgIpc) is 3.46. The van der Waals surface area contributed by atoms with Crippen molar-refractivity contribution in [2.75, 3.05) is 36.0 Å². The predicted molar refractivity (Wildman–Crippen MR) is 171 cm³/mol. The molecule has 43 heavy (non-hydrogen) atoms. The first-order chi connectivity index (χ1) is 20.8. The lowest BCUT2D eigenvalue weighted by Gasteiger charge is -2.28. The molecular formula is C34H49N5O4. The summed E-state index contributed by atoms with van der Waals surface area (Å²) >= 11 is 0. The monoisotopic (exact) mass is 591 g/mol. The molecule has 1 heterocycles. The molecule has 4 rings (SSSR count). The van der Waals surface area contributed by atoms with Gasteiger partial charge < -0.3 is 30.9 Å². The molecule has 234 valence electrons. The van der Waals surface area contributed by atoms with Crippen molar-refractivity contribution in [2.45, 2.75) is 96.4 Å². The predicted octanol–water partition coefficient (Wildman–Crippen LogP) is 3.79. The number of amides is 3. The van der Waals surface area contributed by atoms with Crippen molar-refractivity contribution in [3.63, 3.8) is 0 Å². The molecule has 1 aliphatic carbocycles. The number of aliphatic hydroxyl groups is 1. The molecule has 2 fully saturated rings. The second-order valence-electron chi connectivity index (χ2n) is 11.9. The normalized spacial score (nSPS) is 17.8. The molecule has 0 radical (unpaired) electrons. The van der Waals surface area contributed by atoms with Gasteiger partial charge in [-0.1, -0.05) is 49.6 Å². The number of anilines is 2. The first-order valence-corrected chi connectivity index (χ1v) is 16.1. The third-order valence-electron chi connectivity index (χ3n) is 8.74. The molecule has 1 saturated heterocycles. The van der Waals surface area contributed by atoms with E-state index >= 15 is 0 Å². The number of rotatable bonds is 14.